The number of likely N-dealkylation sites (tertiary alicyclic amines) is 1. The minimum Gasteiger partial charge on any atom is -0.379 e. The van der Waals surface area contributed by atoms with Crippen LogP contribution in [0.3, 0.4) is 0 Å². The molecule has 7 nitrogen and oxygen atoms in total. The normalized spacial score (nSPS) is 25.5. The lowest BCUT2D eigenvalue weighted by Crippen LogP contribution is -2.49. The van der Waals surface area contributed by atoms with E-state index >= 15 is 0 Å². The van der Waals surface area contributed by atoms with Crippen molar-refractivity contribution >= 4 is 6.03 Å². The monoisotopic (exact) mass is 320 g/mol. The molecule has 0 aromatic carbocycles. The average Bonchev–Trinajstić information content (AvgIpc) is 3.03. The van der Waals surface area contributed by atoms with E-state index in [1.165, 1.54) is 0 Å². The van der Waals surface area contributed by atoms with Gasteiger partial charge >= 0.3 is 12.2 Å². The second kappa shape index (κ2) is 5.11. The van der Waals surface area contributed by atoms with Gasteiger partial charge in [0.25, 0.3) is 0 Å². The Morgan fingerprint density at radius 3 is 2.82 bits per heavy atom. The summed E-state index contributed by atoms with van der Waals surface area (Å²) < 4.78 is 43.0. The van der Waals surface area contributed by atoms with Crippen molar-refractivity contribution in [3.63, 3.8) is 0 Å². The van der Waals surface area contributed by atoms with E-state index in [9.17, 15) is 23.1 Å². The van der Waals surface area contributed by atoms with Crippen LogP contribution in [-0.2, 0) is 6.54 Å². The lowest BCUT2D eigenvalue weighted by Gasteiger charge is -2.25. The molecule has 22 heavy (non-hydrogen) atoms. The van der Waals surface area contributed by atoms with E-state index in [1.54, 1.807) is 0 Å². The number of halogens is 3. The van der Waals surface area contributed by atoms with Crippen LogP contribution in [0.5, 0.6) is 0 Å². The van der Waals surface area contributed by atoms with Crippen molar-refractivity contribution in [2.45, 2.75) is 43.5 Å². The number of β-amino-alcohol motifs (C(OH)–C–C–N with tert-alkyl or cyclic N) is 1. The van der Waals surface area contributed by atoms with Crippen molar-refractivity contribution in [1.82, 2.24) is 20.4 Å². The number of carbonyl (C=O) groups excluding carboxylic acids is 1. The Kier molecular flexibility index (Phi) is 3.50. The molecule has 1 aromatic rings. The highest BCUT2D eigenvalue weighted by molar-refractivity contribution is 5.74. The molecule has 1 saturated carbocycles. The molecule has 2 aliphatic rings. The molecule has 0 radical (unpaired) electrons. The number of aliphatic hydroxyl groups is 1. The van der Waals surface area contributed by atoms with Gasteiger partial charge < -0.3 is 19.8 Å². The number of carbonyl (C=O) groups is 1. The Morgan fingerprint density at radius 2 is 2.23 bits per heavy atom. The Bertz CT molecular complexity index is 572. The maximum atomic E-state index is 12.7. The number of alkyl halides is 3. The van der Waals surface area contributed by atoms with Gasteiger partial charge in [0.2, 0.25) is 5.89 Å². The van der Waals surface area contributed by atoms with E-state index in [4.69, 9.17) is 4.52 Å². The zero-order valence-electron chi connectivity index (χ0n) is 11.6. The maximum Gasteiger partial charge on any atom is 0.419 e. The summed E-state index contributed by atoms with van der Waals surface area (Å²) in [5, 5.41) is 15.7. The third-order valence-corrected chi connectivity index (χ3v) is 3.88. The lowest BCUT2D eigenvalue weighted by atomic mass is 10.0. The van der Waals surface area contributed by atoms with E-state index in [-0.39, 0.29) is 19.0 Å². The van der Waals surface area contributed by atoms with Crippen LogP contribution in [0.4, 0.5) is 18.0 Å². The number of hydrogen-bond acceptors (Lipinski definition) is 5. The molecule has 1 atom stereocenters. The van der Waals surface area contributed by atoms with E-state index < -0.39 is 30.8 Å². The van der Waals surface area contributed by atoms with Crippen molar-refractivity contribution in [1.29, 1.82) is 0 Å². The number of nitrogens with zero attached hydrogens (tertiary/aromatic N) is 3. The van der Waals surface area contributed by atoms with Crippen molar-refractivity contribution in [2.24, 2.45) is 0 Å². The number of urea groups is 1. The van der Waals surface area contributed by atoms with Crippen molar-refractivity contribution < 1.29 is 27.6 Å². The highest BCUT2D eigenvalue weighted by Gasteiger charge is 2.57. The minimum atomic E-state index is -4.76. The average molecular weight is 320 g/mol. The summed E-state index contributed by atoms with van der Waals surface area (Å²) >= 11 is 0. The van der Waals surface area contributed by atoms with E-state index in [0.717, 1.165) is 17.7 Å². The summed E-state index contributed by atoms with van der Waals surface area (Å²) in [6.07, 6.45) is -3.27. The molecular weight excluding hydrogens is 305 g/mol. The summed E-state index contributed by atoms with van der Waals surface area (Å²) in [4.78, 5) is 16.9. The van der Waals surface area contributed by atoms with Crippen molar-refractivity contribution in [3.8, 4) is 0 Å². The van der Waals surface area contributed by atoms with E-state index in [0.29, 0.717) is 11.7 Å². The molecule has 1 aromatic heterocycles. The molecule has 2 fully saturated rings. The molecular formula is C12H15F3N4O3. The Morgan fingerprint density at radius 1 is 1.50 bits per heavy atom. The fourth-order valence-electron chi connectivity index (χ4n) is 2.31. The highest BCUT2D eigenvalue weighted by Crippen LogP contribution is 2.38. The molecule has 1 saturated heterocycles. The first-order chi connectivity index (χ1) is 10.3. The van der Waals surface area contributed by atoms with Gasteiger partial charge in [-0.05, 0) is 12.8 Å². The smallest absolute Gasteiger partial charge is 0.379 e. The number of aromatic nitrogens is 2. The van der Waals surface area contributed by atoms with Gasteiger partial charge in [0.05, 0.1) is 13.1 Å². The van der Waals surface area contributed by atoms with Gasteiger partial charge in [0.1, 0.15) is 0 Å². The topological polar surface area (TPSA) is 91.5 Å². The fourth-order valence-corrected chi connectivity index (χ4v) is 2.31. The van der Waals surface area contributed by atoms with Crippen LogP contribution < -0.4 is 5.32 Å². The molecule has 2 amide bonds. The van der Waals surface area contributed by atoms with Crippen LogP contribution in [0.1, 0.15) is 36.9 Å². The summed E-state index contributed by atoms with van der Waals surface area (Å²) in [6.45, 7) is -1.00. The van der Waals surface area contributed by atoms with Crippen LogP contribution in [-0.4, -0.2) is 51.0 Å². The summed E-state index contributed by atoms with van der Waals surface area (Å²) in [5.74, 6) is 1.12. The quantitative estimate of drug-likeness (QED) is 0.872. The molecule has 0 spiro atoms. The molecule has 2 N–H and O–H groups in total. The third kappa shape index (κ3) is 2.87. The molecule has 122 valence electrons. The Balaban J connectivity index is 1.52. The van der Waals surface area contributed by atoms with Gasteiger partial charge in [-0.2, -0.15) is 18.2 Å². The van der Waals surface area contributed by atoms with Gasteiger partial charge in [-0.25, -0.2) is 4.79 Å². The molecule has 10 heteroatoms. The number of hydrogen-bond donors (Lipinski definition) is 2. The molecule has 1 aliphatic carbocycles. The van der Waals surface area contributed by atoms with Crippen LogP contribution in [0.15, 0.2) is 4.52 Å². The maximum absolute atomic E-state index is 12.7. The summed E-state index contributed by atoms with van der Waals surface area (Å²) in [7, 11) is 0. The molecule has 1 unspecified atom stereocenters. The molecule has 1 aliphatic heterocycles. The standard InChI is InChI=1S/C12H15F3N4O3/c13-12(14,15)11(21)3-4-19(6-11)10(20)16-5-8-17-9(18-22-8)7-1-2-7/h7,21H,1-6H2,(H,16,20). The van der Waals surface area contributed by atoms with Gasteiger partial charge in [-0.3, -0.25) is 0 Å². The first kappa shape index (κ1) is 15.1. The molecule has 2 heterocycles. The first-order valence-electron chi connectivity index (χ1n) is 6.93. The van der Waals surface area contributed by atoms with Gasteiger partial charge in [0.15, 0.2) is 11.4 Å². The summed E-state index contributed by atoms with van der Waals surface area (Å²) in [5.41, 5.74) is -2.84. The Hall–Kier alpha value is -1.84. The SMILES string of the molecule is O=C(NCc1nc(C2CC2)no1)N1CCC(O)(C(F)(F)F)C1. The van der Waals surface area contributed by atoms with Crippen LogP contribution >= 0.6 is 0 Å². The Labute approximate surface area is 123 Å². The zero-order valence-corrected chi connectivity index (χ0v) is 11.6. The van der Waals surface area contributed by atoms with Gasteiger partial charge in [-0.15, -0.1) is 0 Å². The highest BCUT2D eigenvalue weighted by atomic mass is 19.4. The lowest BCUT2D eigenvalue weighted by molar-refractivity contribution is -0.253. The van der Waals surface area contributed by atoms with Crippen molar-refractivity contribution in [2.75, 3.05) is 13.1 Å². The molecule has 3 rings (SSSR count). The molecule has 0 bridgehead atoms. The number of rotatable bonds is 3. The predicted molar refractivity (Wildman–Crippen MR) is 65.7 cm³/mol. The van der Waals surface area contributed by atoms with Crippen LogP contribution in [0.2, 0.25) is 0 Å². The second-order valence-corrected chi connectivity index (χ2v) is 5.68. The van der Waals surface area contributed by atoms with E-state index in [2.05, 4.69) is 15.5 Å². The number of nitrogens with one attached hydrogen (secondary N) is 1. The summed E-state index contributed by atoms with van der Waals surface area (Å²) in [6, 6.07) is -0.702. The van der Waals surface area contributed by atoms with Crippen LogP contribution in [0.25, 0.3) is 0 Å². The third-order valence-electron chi connectivity index (χ3n) is 3.88. The van der Waals surface area contributed by atoms with Gasteiger partial charge in [-0.1, -0.05) is 5.16 Å². The predicted octanol–water partition coefficient (Wildman–Crippen LogP) is 1.16. The zero-order chi connectivity index (χ0) is 16.0. The van der Waals surface area contributed by atoms with Crippen LogP contribution in [0, 0.1) is 0 Å². The largest absolute Gasteiger partial charge is 0.419 e. The first-order valence-corrected chi connectivity index (χ1v) is 6.93. The minimum absolute atomic E-state index is 0.0561. The van der Waals surface area contributed by atoms with Gasteiger partial charge in [0, 0.05) is 18.9 Å². The number of amides is 2. The van der Waals surface area contributed by atoms with E-state index in [1.807, 2.05) is 0 Å². The fraction of sp³-hybridized carbons (Fsp3) is 0.750. The second-order valence-electron chi connectivity index (χ2n) is 5.68. The van der Waals surface area contributed by atoms with Crippen molar-refractivity contribution in [3.05, 3.63) is 11.7 Å².